The van der Waals surface area contributed by atoms with Crippen LogP contribution in [0.3, 0.4) is 0 Å². The van der Waals surface area contributed by atoms with Crippen LogP contribution in [0.1, 0.15) is 22.8 Å². The van der Waals surface area contributed by atoms with Gasteiger partial charge >= 0.3 is 6.36 Å². The highest BCUT2D eigenvalue weighted by Gasteiger charge is 2.30. The molecular formula is C23H19F3N4O3. The molecule has 10 heteroatoms. The first-order valence-corrected chi connectivity index (χ1v) is 10.0. The van der Waals surface area contributed by atoms with Crippen LogP contribution in [0.5, 0.6) is 11.5 Å². The van der Waals surface area contributed by atoms with Crippen LogP contribution in [0, 0.1) is 0 Å². The van der Waals surface area contributed by atoms with Gasteiger partial charge in [-0.2, -0.15) is 0 Å². The molecule has 0 bridgehead atoms. The van der Waals surface area contributed by atoms with Crippen molar-refractivity contribution in [2.45, 2.75) is 19.9 Å². The van der Waals surface area contributed by atoms with E-state index in [0.29, 0.717) is 34.6 Å². The van der Waals surface area contributed by atoms with Crippen molar-refractivity contribution in [2.75, 3.05) is 6.54 Å². The second kappa shape index (κ2) is 9.19. The molecule has 0 aliphatic carbocycles. The van der Waals surface area contributed by atoms with Crippen molar-refractivity contribution >= 4 is 17.1 Å². The molecule has 33 heavy (non-hydrogen) atoms. The molecule has 0 saturated carbocycles. The number of halogens is 3. The number of carbonyl (C=O) groups is 1. The highest BCUT2D eigenvalue weighted by Crippen LogP contribution is 2.24. The molecule has 0 atom stereocenters. The number of benzene rings is 2. The number of pyridine rings is 1. The predicted molar refractivity (Wildman–Crippen MR) is 114 cm³/mol. The van der Waals surface area contributed by atoms with Gasteiger partial charge in [0.1, 0.15) is 29.9 Å². The van der Waals surface area contributed by atoms with Gasteiger partial charge in [-0.1, -0.05) is 18.2 Å². The van der Waals surface area contributed by atoms with Crippen LogP contribution in [-0.2, 0) is 6.61 Å². The lowest BCUT2D eigenvalue weighted by Crippen LogP contribution is -2.22. The molecule has 0 radical (unpaired) electrons. The molecule has 2 aromatic heterocycles. The van der Waals surface area contributed by atoms with Gasteiger partial charge in [0.2, 0.25) is 0 Å². The van der Waals surface area contributed by atoms with E-state index in [2.05, 4.69) is 20.0 Å². The molecular weight excluding hydrogens is 437 g/mol. The Morgan fingerprint density at radius 3 is 2.58 bits per heavy atom. The fourth-order valence-corrected chi connectivity index (χ4v) is 3.15. The zero-order valence-corrected chi connectivity index (χ0v) is 17.5. The minimum absolute atomic E-state index is 0.161. The number of alkyl halides is 3. The summed E-state index contributed by atoms with van der Waals surface area (Å²) >= 11 is 0. The van der Waals surface area contributed by atoms with Crippen LogP contribution >= 0.6 is 0 Å². The first-order chi connectivity index (χ1) is 15.8. The summed E-state index contributed by atoms with van der Waals surface area (Å²) in [5.41, 5.74) is 3.02. The maximum absolute atomic E-state index is 12.3. The highest BCUT2D eigenvalue weighted by atomic mass is 19.4. The van der Waals surface area contributed by atoms with Crippen molar-refractivity contribution in [1.29, 1.82) is 0 Å². The number of fused-ring (bicyclic) bond motifs is 1. The zero-order valence-electron chi connectivity index (χ0n) is 17.5. The third-order valence-corrected chi connectivity index (χ3v) is 4.65. The van der Waals surface area contributed by atoms with E-state index >= 15 is 0 Å². The minimum Gasteiger partial charge on any atom is -0.489 e. The fraction of sp³-hybridized carbons (Fsp3) is 0.174. The monoisotopic (exact) mass is 456 g/mol. The van der Waals surface area contributed by atoms with E-state index in [0.717, 1.165) is 5.69 Å². The van der Waals surface area contributed by atoms with Gasteiger partial charge in [0, 0.05) is 18.8 Å². The number of rotatable bonds is 7. The highest BCUT2D eigenvalue weighted by molar-refractivity contribution is 5.96. The molecule has 0 unspecified atom stereocenters. The van der Waals surface area contributed by atoms with E-state index in [-0.39, 0.29) is 18.3 Å². The molecule has 1 N–H and O–H groups in total. The molecule has 1 amide bonds. The standard InChI is InChI=1S/C23H19F3N4O3/c1-2-27-22(31)16-10-20-21(28-12-16)30(14-29-20)17-4-3-5-19(11-17)32-13-15-6-8-18(9-7-15)33-23(24,25)26/h3-12,14H,2,13H2,1H3,(H,27,31). The largest absolute Gasteiger partial charge is 0.573 e. The molecule has 0 saturated heterocycles. The Hall–Kier alpha value is -4.08. The molecule has 2 aromatic carbocycles. The number of amides is 1. The number of nitrogens with one attached hydrogen (secondary N) is 1. The molecule has 7 nitrogen and oxygen atoms in total. The Morgan fingerprint density at radius 2 is 1.85 bits per heavy atom. The normalized spacial score (nSPS) is 11.4. The lowest BCUT2D eigenvalue weighted by Gasteiger charge is -2.11. The topological polar surface area (TPSA) is 78.3 Å². The van der Waals surface area contributed by atoms with Crippen LogP contribution in [0.15, 0.2) is 67.1 Å². The maximum atomic E-state index is 12.3. The number of carbonyl (C=O) groups excluding carboxylic acids is 1. The predicted octanol–water partition coefficient (Wildman–Crippen LogP) is 4.65. The number of hydrogen-bond donors (Lipinski definition) is 1. The van der Waals surface area contributed by atoms with Crippen molar-refractivity contribution < 1.29 is 27.4 Å². The average molecular weight is 456 g/mol. The summed E-state index contributed by atoms with van der Waals surface area (Å²) in [4.78, 5) is 20.7. The van der Waals surface area contributed by atoms with Crippen molar-refractivity contribution in [3.8, 4) is 17.2 Å². The van der Waals surface area contributed by atoms with Crippen LogP contribution < -0.4 is 14.8 Å². The van der Waals surface area contributed by atoms with Crippen LogP contribution in [-0.4, -0.2) is 33.3 Å². The van der Waals surface area contributed by atoms with Gasteiger partial charge in [-0.15, -0.1) is 13.2 Å². The molecule has 4 aromatic rings. The van der Waals surface area contributed by atoms with E-state index in [9.17, 15) is 18.0 Å². The van der Waals surface area contributed by atoms with Crippen molar-refractivity contribution in [1.82, 2.24) is 19.9 Å². The maximum Gasteiger partial charge on any atom is 0.573 e. The summed E-state index contributed by atoms with van der Waals surface area (Å²) in [6.45, 7) is 2.52. The number of nitrogens with zero attached hydrogens (tertiary/aromatic N) is 3. The van der Waals surface area contributed by atoms with Crippen LogP contribution in [0.4, 0.5) is 13.2 Å². The quantitative estimate of drug-likeness (QED) is 0.438. The van der Waals surface area contributed by atoms with Gasteiger partial charge in [0.25, 0.3) is 5.91 Å². The first kappa shape index (κ1) is 22.1. The number of imidazole rings is 1. The second-order valence-corrected chi connectivity index (χ2v) is 7.02. The van der Waals surface area contributed by atoms with Gasteiger partial charge in [-0.05, 0) is 42.8 Å². The first-order valence-electron chi connectivity index (χ1n) is 10.0. The summed E-state index contributed by atoms with van der Waals surface area (Å²) in [5.74, 6) is 0.0572. The van der Waals surface area contributed by atoms with Gasteiger partial charge in [-0.3, -0.25) is 9.36 Å². The van der Waals surface area contributed by atoms with E-state index < -0.39 is 6.36 Å². The van der Waals surface area contributed by atoms with Crippen LogP contribution in [0.2, 0.25) is 0 Å². The summed E-state index contributed by atoms with van der Waals surface area (Å²) in [6, 6.07) is 14.4. The fourth-order valence-electron chi connectivity index (χ4n) is 3.15. The Balaban J connectivity index is 1.48. The second-order valence-electron chi connectivity index (χ2n) is 7.02. The molecule has 0 fully saturated rings. The van der Waals surface area contributed by atoms with E-state index in [4.69, 9.17) is 4.74 Å². The number of hydrogen-bond acceptors (Lipinski definition) is 5. The molecule has 0 aliphatic heterocycles. The third kappa shape index (κ3) is 5.40. The summed E-state index contributed by atoms with van der Waals surface area (Å²) in [7, 11) is 0. The van der Waals surface area contributed by atoms with Crippen LogP contribution in [0.25, 0.3) is 16.9 Å². The van der Waals surface area contributed by atoms with Gasteiger partial charge in [0.05, 0.1) is 11.3 Å². The summed E-state index contributed by atoms with van der Waals surface area (Å²) < 4.78 is 48.3. The Labute approximate surface area is 186 Å². The van der Waals surface area contributed by atoms with Gasteiger partial charge in [0.15, 0.2) is 5.65 Å². The zero-order chi connectivity index (χ0) is 23.4. The summed E-state index contributed by atoms with van der Waals surface area (Å²) in [6.07, 6.45) is -1.62. The molecule has 0 aliphatic rings. The van der Waals surface area contributed by atoms with Crippen molar-refractivity contribution in [3.05, 3.63) is 78.2 Å². The molecule has 4 rings (SSSR count). The van der Waals surface area contributed by atoms with Crippen molar-refractivity contribution in [2.24, 2.45) is 0 Å². The van der Waals surface area contributed by atoms with E-state index in [1.807, 2.05) is 13.0 Å². The Morgan fingerprint density at radius 1 is 1.06 bits per heavy atom. The molecule has 2 heterocycles. The number of ether oxygens (including phenoxy) is 2. The molecule has 0 spiro atoms. The lowest BCUT2D eigenvalue weighted by molar-refractivity contribution is -0.274. The molecule has 170 valence electrons. The van der Waals surface area contributed by atoms with E-state index in [1.54, 1.807) is 35.2 Å². The number of aromatic nitrogens is 3. The summed E-state index contributed by atoms with van der Waals surface area (Å²) in [5, 5.41) is 2.73. The average Bonchev–Trinajstić information content (AvgIpc) is 3.21. The van der Waals surface area contributed by atoms with Gasteiger partial charge in [-0.25, -0.2) is 9.97 Å². The minimum atomic E-state index is -4.73. The lowest BCUT2D eigenvalue weighted by atomic mass is 10.2. The Bertz CT molecular complexity index is 1270. The third-order valence-electron chi connectivity index (χ3n) is 4.65. The smallest absolute Gasteiger partial charge is 0.489 e. The van der Waals surface area contributed by atoms with Crippen molar-refractivity contribution in [3.63, 3.8) is 0 Å². The Kier molecular flexibility index (Phi) is 6.16. The van der Waals surface area contributed by atoms with E-state index in [1.165, 1.54) is 30.5 Å². The SMILES string of the molecule is CCNC(=O)c1cnc2c(c1)ncn2-c1cccc(OCc2ccc(OC(F)(F)F)cc2)c1. The van der Waals surface area contributed by atoms with Gasteiger partial charge < -0.3 is 14.8 Å².